The van der Waals surface area contributed by atoms with E-state index in [4.69, 9.17) is 11.6 Å². The third-order valence-corrected chi connectivity index (χ3v) is 3.74. The van der Waals surface area contributed by atoms with Gasteiger partial charge in [-0.05, 0) is 24.6 Å². The van der Waals surface area contributed by atoms with Crippen LogP contribution in [-0.4, -0.2) is 23.6 Å². The van der Waals surface area contributed by atoms with E-state index in [1.54, 1.807) is 13.0 Å². The number of rotatable bonds is 3. The molecular formula is C9H9ClN4O2S. The van der Waals surface area contributed by atoms with Crippen molar-refractivity contribution in [1.82, 2.24) is 15.2 Å². The summed E-state index contributed by atoms with van der Waals surface area (Å²) in [7, 11) is -3.65. The third kappa shape index (κ3) is 2.56. The van der Waals surface area contributed by atoms with E-state index in [9.17, 15) is 8.42 Å². The summed E-state index contributed by atoms with van der Waals surface area (Å²) in [5.41, 5.74) is 1.04. The summed E-state index contributed by atoms with van der Waals surface area (Å²) in [6.07, 6.45) is 2.71. The van der Waals surface area contributed by atoms with Crippen LogP contribution in [0.1, 0.15) is 5.56 Å². The van der Waals surface area contributed by atoms with Crippen LogP contribution in [0.15, 0.2) is 29.6 Å². The highest BCUT2D eigenvalue weighted by molar-refractivity contribution is 7.92. The van der Waals surface area contributed by atoms with E-state index in [0.29, 0.717) is 16.4 Å². The molecule has 0 aliphatic heterocycles. The molecule has 0 saturated heterocycles. The Labute approximate surface area is 103 Å². The Morgan fingerprint density at radius 3 is 2.82 bits per heavy atom. The number of aromatic nitrogens is 3. The minimum absolute atomic E-state index is 0.00916. The van der Waals surface area contributed by atoms with E-state index < -0.39 is 10.0 Å². The average Bonchev–Trinajstić information content (AvgIpc) is 2.77. The van der Waals surface area contributed by atoms with Crippen LogP contribution in [0.25, 0.3) is 0 Å². The zero-order valence-corrected chi connectivity index (χ0v) is 10.4. The number of aromatic amines is 1. The van der Waals surface area contributed by atoms with E-state index in [0.717, 1.165) is 0 Å². The molecule has 0 atom stereocenters. The molecule has 0 aliphatic carbocycles. The molecule has 2 aromatic rings. The lowest BCUT2D eigenvalue weighted by Gasteiger charge is -2.06. The van der Waals surface area contributed by atoms with Gasteiger partial charge in [0.25, 0.3) is 10.0 Å². The first-order chi connectivity index (χ1) is 7.99. The summed E-state index contributed by atoms with van der Waals surface area (Å²) in [5.74, 6) is 0. The van der Waals surface area contributed by atoms with Gasteiger partial charge in [0.1, 0.15) is 5.15 Å². The number of halogens is 1. The van der Waals surface area contributed by atoms with Crippen molar-refractivity contribution >= 4 is 27.3 Å². The first-order valence-electron chi connectivity index (χ1n) is 4.63. The fourth-order valence-corrected chi connectivity index (χ4v) is 2.26. The van der Waals surface area contributed by atoms with Gasteiger partial charge in [-0.15, -0.1) is 0 Å². The number of hydrogen-bond acceptors (Lipinski definition) is 4. The van der Waals surface area contributed by atoms with Crippen molar-refractivity contribution in [3.05, 3.63) is 35.2 Å². The van der Waals surface area contributed by atoms with Crippen molar-refractivity contribution in [3.8, 4) is 0 Å². The van der Waals surface area contributed by atoms with Gasteiger partial charge >= 0.3 is 0 Å². The number of nitrogens with zero attached hydrogens (tertiary/aromatic N) is 2. The van der Waals surface area contributed by atoms with Gasteiger partial charge in [0.2, 0.25) is 0 Å². The van der Waals surface area contributed by atoms with Crippen molar-refractivity contribution in [3.63, 3.8) is 0 Å². The molecular weight excluding hydrogens is 264 g/mol. The Bertz CT molecular complexity index is 624. The molecule has 2 heterocycles. The largest absolute Gasteiger partial charge is 0.278 e. The van der Waals surface area contributed by atoms with Gasteiger partial charge < -0.3 is 0 Å². The molecule has 0 spiro atoms. The summed E-state index contributed by atoms with van der Waals surface area (Å²) in [6, 6.07) is 2.96. The Hall–Kier alpha value is -1.60. The van der Waals surface area contributed by atoms with Crippen molar-refractivity contribution in [2.45, 2.75) is 11.9 Å². The molecule has 2 rings (SSSR count). The third-order valence-electron chi connectivity index (χ3n) is 2.03. The maximum absolute atomic E-state index is 11.8. The molecule has 17 heavy (non-hydrogen) atoms. The van der Waals surface area contributed by atoms with E-state index in [2.05, 4.69) is 19.9 Å². The second-order valence-corrected chi connectivity index (χ2v) is 5.37. The number of aryl methyl sites for hydroxylation is 1. The number of sulfonamides is 1. The average molecular weight is 273 g/mol. The molecule has 8 heteroatoms. The van der Waals surface area contributed by atoms with Crippen LogP contribution >= 0.6 is 11.6 Å². The van der Waals surface area contributed by atoms with E-state index in [1.165, 1.54) is 18.5 Å². The van der Waals surface area contributed by atoms with Crippen molar-refractivity contribution < 1.29 is 8.42 Å². The zero-order valence-electron chi connectivity index (χ0n) is 8.81. The highest BCUT2D eigenvalue weighted by Gasteiger charge is 2.15. The van der Waals surface area contributed by atoms with Crippen LogP contribution < -0.4 is 4.72 Å². The molecule has 0 unspecified atom stereocenters. The summed E-state index contributed by atoms with van der Waals surface area (Å²) in [5, 5.41) is 6.29. The highest BCUT2D eigenvalue weighted by atomic mass is 35.5. The second kappa shape index (κ2) is 4.34. The second-order valence-electron chi connectivity index (χ2n) is 3.36. The Balaban J connectivity index is 2.30. The highest BCUT2D eigenvalue weighted by Crippen LogP contribution is 2.18. The molecule has 2 N–H and O–H groups in total. The van der Waals surface area contributed by atoms with Crippen molar-refractivity contribution in [2.75, 3.05) is 4.72 Å². The van der Waals surface area contributed by atoms with Gasteiger partial charge in [0.15, 0.2) is 5.03 Å². The maximum Gasteiger partial charge on any atom is 0.278 e. The lowest BCUT2D eigenvalue weighted by atomic mass is 10.3. The quantitative estimate of drug-likeness (QED) is 0.830. The molecule has 0 aromatic carbocycles. The number of pyridine rings is 1. The summed E-state index contributed by atoms with van der Waals surface area (Å²) in [4.78, 5) is 3.86. The lowest BCUT2D eigenvalue weighted by molar-refractivity contribution is 0.597. The summed E-state index contributed by atoms with van der Waals surface area (Å²) in [6.45, 7) is 1.74. The number of nitrogens with one attached hydrogen (secondary N) is 2. The van der Waals surface area contributed by atoms with Crippen LogP contribution in [0.3, 0.4) is 0 Å². The number of hydrogen-bond donors (Lipinski definition) is 2. The van der Waals surface area contributed by atoms with Crippen LogP contribution in [0.5, 0.6) is 0 Å². The van der Waals surface area contributed by atoms with E-state index >= 15 is 0 Å². The first-order valence-corrected chi connectivity index (χ1v) is 6.49. The molecule has 0 amide bonds. The normalized spacial score (nSPS) is 11.4. The van der Waals surface area contributed by atoms with E-state index in [-0.39, 0.29) is 5.03 Å². The van der Waals surface area contributed by atoms with Gasteiger partial charge in [-0.3, -0.25) is 9.82 Å². The van der Waals surface area contributed by atoms with Gasteiger partial charge in [-0.25, -0.2) is 4.98 Å². The van der Waals surface area contributed by atoms with Crippen LogP contribution in [-0.2, 0) is 10.0 Å². The molecule has 0 radical (unpaired) electrons. The predicted octanol–water partition coefficient (Wildman–Crippen LogP) is 1.57. The summed E-state index contributed by atoms with van der Waals surface area (Å²) >= 11 is 5.75. The van der Waals surface area contributed by atoms with Gasteiger partial charge in [0, 0.05) is 0 Å². The molecule has 0 aliphatic rings. The maximum atomic E-state index is 11.8. The number of anilines is 1. The van der Waals surface area contributed by atoms with Crippen molar-refractivity contribution in [1.29, 1.82) is 0 Å². The van der Waals surface area contributed by atoms with Gasteiger partial charge in [-0.2, -0.15) is 13.5 Å². The molecule has 90 valence electrons. The molecule has 0 saturated carbocycles. The first kappa shape index (κ1) is 11.9. The monoisotopic (exact) mass is 272 g/mol. The zero-order chi connectivity index (χ0) is 12.5. The topological polar surface area (TPSA) is 87.7 Å². The van der Waals surface area contributed by atoms with Crippen LogP contribution in [0.2, 0.25) is 5.15 Å². The SMILES string of the molecule is Cc1cc(NS(=O)(=O)c2ccn[nH]2)cnc1Cl. The Morgan fingerprint density at radius 1 is 1.47 bits per heavy atom. The Kier molecular flexibility index (Phi) is 3.03. The molecule has 0 fully saturated rings. The standard InChI is InChI=1S/C9H9ClN4O2S/c1-6-4-7(5-11-9(6)10)14-17(15,16)8-2-3-12-13-8/h2-5,14H,1H3,(H,12,13). The molecule has 6 nitrogen and oxygen atoms in total. The summed E-state index contributed by atoms with van der Waals surface area (Å²) < 4.78 is 26.0. The smallest absolute Gasteiger partial charge is 0.277 e. The van der Waals surface area contributed by atoms with E-state index in [1.807, 2.05) is 0 Å². The van der Waals surface area contributed by atoms with Crippen LogP contribution in [0.4, 0.5) is 5.69 Å². The molecule has 2 aromatic heterocycles. The van der Waals surface area contributed by atoms with Gasteiger partial charge in [-0.1, -0.05) is 11.6 Å². The minimum Gasteiger partial charge on any atom is -0.277 e. The minimum atomic E-state index is -3.65. The number of H-pyrrole nitrogens is 1. The fraction of sp³-hybridized carbons (Fsp3) is 0.111. The fourth-order valence-electron chi connectivity index (χ4n) is 1.22. The Morgan fingerprint density at radius 2 is 2.24 bits per heavy atom. The predicted molar refractivity (Wildman–Crippen MR) is 63.4 cm³/mol. The molecule has 0 bridgehead atoms. The van der Waals surface area contributed by atoms with Gasteiger partial charge in [0.05, 0.1) is 18.1 Å². The van der Waals surface area contributed by atoms with Crippen LogP contribution in [0, 0.1) is 6.92 Å². The lowest BCUT2D eigenvalue weighted by Crippen LogP contribution is -2.13. The van der Waals surface area contributed by atoms with Crippen molar-refractivity contribution in [2.24, 2.45) is 0 Å².